The van der Waals surface area contributed by atoms with E-state index in [0.717, 1.165) is 24.8 Å². The second-order valence-electron chi connectivity index (χ2n) is 6.30. The molecule has 0 radical (unpaired) electrons. The van der Waals surface area contributed by atoms with E-state index in [0.29, 0.717) is 18.8 Å². The maximum Gasteiger partial charge on any atom is 0.343 e. The van der Waals surface area contributed by atoms with Crippen molar-refractivity contribution in [2.24, 2.45) is 0 Å². The van der Waals surface area contributed by atoms with Crippen molar-refractivity contribution in [3.63, 3.8) is 0 Å². The lowest BCUT2D eigenvalue weighted by molar-refractivity contribution is -0.384. The molecule has 0 atom stereocenters. The SMILES string of the molecule is CC(=O)N1CCN(c2ccc(OC(=O)c3ccc(Cl)c([N+](=O)[O-])c3)cc2)CC1. The van der Waals surface area contributed by atoms with Gasteiger partial charge in [0.1, 0.15) is 10.8 Å². The number of benzene rings is 2. The number of carbonyl (C=O) groups is 2. The van der Waals surface area contributed by atoms with Gasteiger partial charge in [0, 0.05) is 44.9 Å². The first-order valence-electron chi connectivity index (χ1n) is 8.62. The number of amides is 1. The highest BCUT2D eigenvalue weighted by Crippen LogP contribution is 2.26. The lowest BCUT2D eigenvalue weighted by Gasteiger charge is -2.35. The summed E-state index contributed by atoms with van der Waals surface area (Å²) in [4.78, 5) is 37.9. The van der Waals surface area contributed by atoms with Gasteiger partial charge in [-0.3, -0.25) is 14.9 Å². The van der Waals surface area contributed by atoms with Gasteiger partial charge in [0.2, 0.25) is 5.91 Å². The Morgan fingerprint density at radius 1 is 1.07 bits per heavy atom. The second kappa shape index (κ2) is 8.26. The Labute approximate surface area is 166 Å². The normalized spacial score (nSPS) is 13.9. The number of ether oxygens (including phenoxy) is 1. The van der Waals surface area contributed by atoms with Gasteiger partial charge in [-0.1, -0.05) is 11.6 Å². The predicted molar refractivity (Wildman–Crippen MR) is 104 cm³/mol. The molecule has 0 aliphatic carbocycles. The highest BCUT2D eigenvalue weighted by molar-refractivity contribution is 6.32. The van der Waals surface area contributed by atoms with Gasteiger partial charge in [0.25, 0.3) is 5.69 Å². The minimum Gasteiger partial charge on any atom is -0.423 e. The summed E-state index contributed by atoms with van der Waals surface area (Å²) < 4.78 is 5.29. The summed E-state index contributed by atoms with van der Waals surface area (Å²) in [7, 11) is 0. The average Bonchev–Trinajstić information content (AvgIpc) is 2.68. The lowest BCUT2D eigenvalue weighted by atomic mass is 10.2. The fraction of sp³-hybridized carbons (Fsp3) is 0.263. The molecule has 0 spiro atoms. The van der Waals surface area contributed by atoms with Crippen LogP contribution in [0.3, 0.4) is 0 Å². The predicted octanol–water partition coefficient (Wildman–Crippen LogP) is 3.14. The van der Waals surface area contributed by atoms with Crippen molar-refractivity contribution in [1.82, 2.24) is 4.90 Å². The Bertz CT molecular complexity index is 908. The Hall–Kier alpha value is -3.13. The van der Waals surface area contributed by atoms with E-state index >= 15 is 0 Å². The molecule has 28 heavy (non-hydrogen) atoms. The van der Waals surface area contributed by atoms with Crippen LogP contribution in [-0.2, 0) is 4.79 Å². The molecule has 0 bridgehead atoms. The number of hydrogen-bond acceptors (Lipinski definition) is 6. The second-order valence-corrected chi connectivity index (χ2v) is 6.71. The van der Waals surface area contributed by atoms with Crippen LogP contribution in [0.4, 0.5) is 11.4 Å². The van der Waals surface area contributed by atoms with Gasteiger partial charge < -0.3 is 14.5 Å². The molecule has 146 valence electrons. The van der Waals surface area contributed by atoms with E-state index in [1.54, 1.807) is 24.0 Å². The molecule has 1 aliphatic heterocycles. The molecule has 1 heterocycles. The number of hydrogen-bond donors (Lipinski definition) is 0. The molecule has 2 aromatic rings. The number of anilines is 1. The largest absolute Gasteiger partial charge is 0.423 e. The number of halogens is 1. The molecule has 3 rings (SSSR count). The summed E-state index contributed by atoms with van der Waals surface area (Å²) in [6, 6.07) is 10.7. The van der Waals surface area contributed by atoms with Crippen molar-refractivity contribution in [3.05, 3.63) is 63.2 Å². The standard InChI is InChI=1S/C19H18ClN3O5/c1-13(24)21-8-10-22(11-9-21)15-3-5-16(6-4-15)28-19(25)14-2-7-17(20)18(12-14)23(26)27/h2-7,12H,8-11H2,1H3. The van der Waals surface area contributed by atoms with Crippen molar-refractivity contribution in [3.8, 4) is 5.75 Å². The van der Waals surface area contributed by atoms with Crippen molar-refractivity contribution in [1.29, 1.82) is 0 Å². The zero-order valence-corrected chi connectivity index (χ0v) is 15.9. The zero-order valence-electron chi connectivity index (χ0n) is 15.1. The number of nitro groups is 1. The number of rotatable bonds is 4. The molecular weight excluding hydrogens is 386 g/mol. The third-order valence-electron chi connectivity index (χ3n) is 4.52. The van der Waals surface area contributed by atoms with Crippen LogP contribution >= 0.6 is 11.6 Å². The van der Waals surface area contributed by atoms with Crippen molar-refractivity contribution in [2.45, 2.75) is 6.92 Å². The summed E-state index contributed by atoms with van der Waals surface area (Å²) in [6.45, 7) is 4.36. The van der Waals surface area contributed by atoms with E-state index in [1.165, 1.54) is 12.1 Å². The number of carbonyl (C=O) groups excluding carboxylic acids is 2. The number of esters is 1. The first-order chi connectivity index (χ1) is 13.3. The van der Waals surface area contributed by atoms with Crippen LogP contribution in [0.1, 0.15) is 17.3 Å². The summed E-state index contributed by atoms with van der Waals surface area (Å²) >= 11 is 5.75. The Kier molecular flexibility index (Phi) is 5.79. The van der Waals surface area contributed by atoms with Gasteiger partial charge >= 0.3 is 5.97 Å². The first kappa shape index (κ1) is 19.6. The van der Waals surface area contributed by atoms with Crippen LogP contribution in [0.5, 0.6) is 5.75 Å². The summed E-state index contributed by atoms with van der Waals surface area (Å²) in [5.41, 5.74) is 0.654. The average molecular weight is 404 g/mol. The molecule has 1 aliphatic rings. The quantitative estimate of drug-likeness (QED) is 0.337. The van der Waals surface area contributed by atoms with E-state index in [2.05, 4.69) is 4.90 Å². The van der Waals surface area contributed by atoms with Crippen LogP contribution < -0.4 is 9.64 Å². The topological polar surface area (TPSA) is 93.0 Å². The first-order valence-corrected chi connectivity index (χ1v) is 8.99. The van der Waals surface area contributed by atoms with Crippen LogP contribution in [0, 0.1) is 10.1 Å². The lowest BCUT2D eigenvalue weighted by Crippen LogP contribution is -2.48. The molecule has 0 N–H and O–H groups in total. The Morgan fingerprint density at radius 3 is 2.29 bits per heavy atom. The Morgan fingerprint density at radius 2 is 1.71 bits per heavy atom. The van der Waals surface area contributed by atoms with Crippen LogP contribution in [0.15, 0.2) is 42.5 Å². The molecular formula is C19H18ClN3O5. The minimum atomic E-state index is -0.706. The molecule has 1 saturated heterocycles. The molecule has 8 nitrogen and oxygen atoms in total. The molecule has 1 amide bonds. The van der Waals surface area contributed by atoms with Crippen LogP contribution in [0.2, 0.25) is 5.02 Å². The zero-order chi connectivity index (χ0) is 20.3. The van der Waals surface area contributed by atoms with Gasteiger partial charge in [-0.15, -0.1) is 0 Å². The molecule has 2 aromatic carbocycles. The third kappa shape index (κ3) is 4.40. The summed E-state index contributed by atoms with van der Waals surface area (Å²) in [6.07, 6.45) is 0. The highest BCUT2D eigenvalue weighted by Gasteiger charge is 2.20. The molecule has 1 fully saturated rings. The summed E-state index contributed by atoms with van der Waals surface area (Å²) in [5.74, 6) is -0.305. The fourth-order valence-corrected chi connectivity index (χ4v) is 3.14. The van der Waals surface area contributed by atoms with Crippen molar-refractivity contribution in [2.75, 3.05) is 31.1 Å². The van der Waals surface area contributed by atoms with E-state index in [1.807, 2.05) is 12.1 Å². The van der Waals surface area contributed by atoms with Crippen LogP contribution in [-0.4, -0.2) is 47.9 Å². The van der Waals surface area contributed by atoms with Crippen LogP contribution in [0.25, 0.3) is 0 Å². The van der Waals surface area contributed by atoms with Gasteiger partial charge in [-0.2, -0.15) is 0 Å². The smallest absolute Gasteiger partial charge is 0.343 e. The number of piperazine rings is 1. The maximum absolute atomic E-state index is 12.3. The molecule has 0 unspecified atom stereocenters. The highest BCUT2D eigenvalue weighted by atomic mass is 35.5. The maximum atomic E-state index is 12.3. The van der Waals surface area contributed by atoms with Crippen molar-refractivity contribution >= 4 is 34.9 Å². The van der Waals surface area contributed by atoms with Gasteiger partial charge in [-0.05, 0) is 36.4 Å². The fourth-order valence-electron chi connectivity index (χ4n) is 2.95. The van der Waals surface area contributed by atoms with Gasteiger partial charge in [0.15, 0.2) is 0 Å². The Balaban J connectivity index is 1.65. The monoisotopic (exact) mass is 403 g/mol. The molecule has 0 saturated carbocycles. The summed E-state index contributed by atoms with van der Waals surface area (Å²) in [5, 5.41) is 10.9. The van der Waals surface area contributed by atoms with Gasteiger partial charge in [0.05, 0.1) is 10.5 Å². The van der Waals surface area contributed by atoms with E-state index < -0.39 is 10.9 Å². The minimum absolute atomic E-state index is 0.0422. The van der Waals surface area contributed by atoms with Gasteiger partial charge in [-0.25, -0.2) is 4.79 Å². The van der Waals surface area contributed by atoms with E-state index in [4.69, 9.17) is 16.3 Å². The number of nitro benzene ring substituents is 1. The molecule has 0 aromatic heterocycles. The van der Waals surface area contributed by atoms with E-state index in [9.17, 15) is 19.7 Å². The van der Waals surface area contributed by atoms with E-state index in [-0.39, 0.29) is 22.2 Å². The number of nitrogens with zero attached hydrogens (tertiary/aromatic N) is 3. The molecule has 9 heteroatoms. The third-order valence-corrected chi connectivity index (χ3v) is 4.84. The van der Waals surface area contributed by atoms with Crippen molar-refractivity contribution < 1.29 is 19.2 Å².